The van der Waals surface area contributed by atoms with Crippen LogP contribution in [0.2, 0.25) is 0 Å². The highest BCUT2D eigenvalue weighted by Crippen LogP contribution is 2.03. The topological polar surface area (TPSA) is 76.8 Å². The lowest BCUT2D eigenvalue weighted by Crippen LogP contribution is -2.47. The van der Waals surface area contributed by atoms with E-state index in [1.165, 1.54) is 0 Å². The standard InChI is InChI=1S/C12H25N3O3.2ClH/c1-10(15-3-5-18-6-4-15)9-14-12(16)7-11(8-13)17-2;;/h10-11H,3-9,13H2,1-2H3,(H,14,16);2*1H. The van der Waals surface area contributed by atoms with Crippen LogP contribution in [0, 0.1) is 0 Å². The number of rotatable bonds is 7. The molecule has 0 saturated carbocycles. The molecule has 1 rings (SSSR count). The molecule has 20 heavy (non-hydrogen) atoms. The monoisotopic (exact) mass is 331 g/mol. The van der Waals surface area contributed by atoms with Gasteiger partial charge in [0.15, 0.2) is 0 Å². The van der Waals surface area contributed by atoms with Crippen molar-refractivity contribution in [2.24, 2.45) is 5.73 Å². The molecule has 3 N–H and O–H groups in total. The average molecular weight is 332 g/mol. The zero-order valence-electron chi connectivity index (χ0n) is 12.2. The summed E-state index contributed by atoms with van der Waals surface area (Å²) in [5.74, 6) is -0.00703. The molecule has 0 aliphatic carbocycles. The molecule has 1 fully saturated rings. The van der Waals surface area contributed by atoms with E-state index in [-0.39, 0.29) is 36.8 Å². The van der Waals surface area contributed by atoms with Gasteiger partial charge >= 0.3 is 0 Å². The van der Waals surface area contributed by atoms with E-state index in [4.69, 9.17) is 15.2 Å². The summed E-state index contributed by atoms with van der Waals surface area (Å²) in [6.45, 7) is 6.54. The van der Waals surface area contributed by atoms with Gasteiger partial charge in [-0.3, -0.25) is 9.69 Å². The molecule has 122 valence electrons. The SMILES string of the molecule is COC(CN)CC(=O)NCC(C)N1CCOCC1.Cl.Cl. The van der Waals surface area contributed by atoms with E-state index in [9.17, 15) is 4.79 Å². The smallest absolute Gasteiger partial charge is 0.222 e. The largest absolute Gasteiger partial charge is 0.380 e. The average Bonchev–Trinajstić information content (AvgIpc) is 2.43. The van der Waals surface area contributed by atoms with Gasteiger partial charge in [-0.15, -0.1) is 24.8 Å². The van der Waals surface area contributed by atoms with Gasteiger partial charge in [-0.1, -0.05) is 0 Å². The number of hydrogen-bond donors (Lipinski definition) is 2. The Morgan fingerprint density at radius 3 is 2.50 bits per heavy atom. The van der Waals surface area contributed by atoms with Gasteiger partial charge in [0.1, 0.15) is 0 Å². The molecule has 1 heterocycles. The van der Waals surface area contributed by atoms with E-state index in [1.54, 1.807) is 7.11 Å². The van der Waals surface area contributed by atoms with Crippen LogP contribution in [0.3, 0.4) is 0 Å². The molecule has 6 nitrogen and oxygen atoms in total. The third kappa shape index (κ3) is 8.24. The number of halogens is 2. The lowest BCUT2D eigenvalue weighted by atomic mass is 10.2. The van der Waals surface area contributed by atoms with Crippen molar-refractivity contribution in [1.29, 1.82) is 0 Å². The van der Waals surface area contributed by atoms with Crippen molar-refractivity contribution >= 4 is 30.7 Å². The summed E-state index contributed by atoms with van der Waals surface area (Å²) in [6.07, 6.45) is 0.131. The number of morpholine rings is 1. The predicted octanol–water partition coefficient (Wildman–Crippen LogP) is 0.0307. The van der Waals surface area contributed by atoms with Crippen molar-refractivity contribution in [2.75, 3.05) is 46.5 Å². The highest BCUT2D eigenvalue weighted by Gasteiger charge is 2.18. The van der Waals surface area contributed by atoms with Crippen LogP contribution < -0.4 is 11.1 Å². The van der Waals surface area contributed by atoms with Gasteiger partial charge in [0, 0.05) is 39.3 Å². The second-order valence-corrected chi connectivity index (χ2v) is 4.60. The first kappa shape index (κ1) is 22.2. The molecule has 1 amide bonds. The molecule has 0 aromatic heterocycles. The number of carbonyl (C=O) groups is 1. The van der Waals surface area contributed by atoms with E-state index >= 15 is 0 Å². The zero-order chi connectivity index (χ0) is 13.4. The Hall–Kier alpha value is -0.110. The van der Waals surface area contributed by atoms with Crippen LogP contribution in [0.4, 0.5) is 0 Å². The van der Waals surface area contributed by atoms with Crippen molar-refractivity contribution < 1.29 is 14.3 Å². The van der Waals surface area contributed by atoms with Gasteiger partial charge in [-0.25, -0.2) is 0 Å². The minimum absolute atomic E-state index is 0. The number of nitrogens with one attached hydrogen (secondary N) is 1. The molecule has 1 aliphatic rings. The molecular formula is C12H27Cl2N3O3. The maximum Gasteiger partial charge on any atom is 0.222 e. The fraction of sp³-hybridized carbons (Fsp3) is 0.917. The minimum Gasteiger partial charge on any atom is -0.380 e. The summed E-state index contributed by atoms with van der Waals surface area (Å²) < 4.78 is 10.4. The van der Waals surface area contributed by atoms with Gasteiger partial charge in [0.05, 0.1) is 25.7 Å². The molecule has 0 aromatic rings. The van der Waals surface area contributed by atoms with Gasteiger partial charge in [0.2, 0.25) is 5.91 Å². The Labute approximate surface area is 133 Å². The fourth-order valence-electron chi connectivity index (χ4n) is 1.95. The van der Waals surface area contributed by atoms with Crippen molar-refractivity contribution in [3.05, 3.63) is 0 Å². The molecule has 0 radical (unpaired) electrons. The summed E-state index contributed by atoms with van der Waals surface area (Å²) in [4.78, 5) is 14.0. The van der Waals surface area contributed by atoms with Crippen molar-refractivity contribution in [2.45, 2.75) is 25.5 Å². The Morgan fingerprint density at radius 2 is 2.00 bits per heavy atom. The summed E-state index contributed by atoms with van der Waals surface area (Å²) in [7, 11) is 1.57. The molecule has 2 unspecified atom stereocenters. The number of amides is 1. The van der Waals surface area contributed by atoms with Gasteiger partial charge in [-0.2, -0.15) is 0 Å². The quantitative estimate of drug-likeness (QED) is 0.688. The fourth-order valence-corrected chi connectivity index (χ4v) is 1.95. The third-order valence-electron chi connectivity index (χ3n) is 3.27. The second-order valence-electron chi connectivity index (χ2n) is 4.60. The van der Waals surface area contributed by atoms with E-state index in [1.807, 2.05) is 0 Å². The van der Waals surface area contributed by atoms with E-state index in [0.29, 0.717) is 25.6 Å². The summed E-state index contributed by atoms with van der Waals surface area (Å²) >= 11 is 0. The maximum absolute atomic E-state index is 11.7. The lowest BCUT2D eigenvalue weighted by Gasteiger charge is -2.32. The molecule has 2 atom stereocenters. The first-order chi connectivity index (χ1) is 8.67. The van der Waals surface area contributed by atoms with Crippen LogP contribution in [0.15, 0.2) is 0 Å². The molecule has 0 aromatic carbocycles. The van der Waals surface area contributed by atoms with Crippen molar-refractivity contribution in [1.82, 2.24) is 10.2 Å². The van der Waals surface area contributed by atoms with Gasteiger partial charge in [-0.05, 0) is 6.92 Å². The summed E-state index contributed by atoms with van der Waals surface area (Å²) in [5.41, 5.74) is 5.48. The van der Waals surface area contributed by atoms with Crippen LogP contribution in [0.25, 0.3) is 0 Å². The number of nitrogens with two attached hydrogens (primary N) is 1. The Morgan fingerprint density at radius 1 is 1.40 bits per heavy atom. The number of hydrogen-bond acceptors (Lipinski definition) is 5. The van der Waals surface area contributed by atoms with Crippen LogP contribution in [-0.4, -0.2) is 69.5 Å². The molecular weight excluding hydrogens is 305 g/mol. The van der Waals surface area contributed by atoms with E-state index in [0.717, 1.165) is 26.3 Å². The Kier molecular flexibility index (Phi) is 14.0. The maximum atomic E-state index is 11.7. The first-order valence-corrected chi connectivity index (χ1v) is 6.48. The molecule has 8 heteroatoms. The lowest BCUT2D eigenvalue weighted by molar-refractivity contribution is -0.123. The van der Waals surface area contributed by atoms with Gasteiger partial charge < -0.3 is 20.5 Å². The van der Waals surface area contributed by atoms with Crippen LogP contribution in [0.1, 0.15) is 13.3 Å². The third-order valence-corrected chi connectivity index (χ3v) is 3.27. The molecule has 0 spiro atoms. The Balaban J connectivity index is 0. The zero-order valence-corrected chi connectivity index (χ0v) is 13.8. The van der Waals surface area contributed by atoms with E-state index < -0.39 is 0 Å². The summed E-state index contributed by atoms with van der Waals surface area (Å²) in [5, 5.41) is 2.92. The first-order valence-electron chi connectivity index (χ1n) is 6.48. The predicted molar refractivity (Wildman–Crippen MR) is 83.8 cm³/mol. The number of nitrogens with zero attached hydrogens (tertiary/aromatic N) is 1. The normalized spacial score (nSPS) is 18.4. The highest BCUT2D eigenvalue weighted by atomic mass is 35.5. The second kappa shape index (κ2) is 12.6. The van der Waals surface area contributed by atoms with E-state index in [2.05, 4.69) is 17.1 Å². The van der Waals surface area contributed by atoms with Crippen LogP contribution >= 0.6 is 24.8 Å². The van der Waals surface area contributed by atoms with Crippen LogP contribution in [0.5, 0.6) is 0 Å². The number of carbonyl (C=O) groups excluding carboxylic acids is 1. The van der Waals surface area contributed by atoms with Crippen LogP contribution in [-0.2, 0) is 14.3 Å². The Bertz CT molecular complexity index is 250. The summed E-state index contributed by atoms with van der Waals surface area (Å²) in [6, 6.07) is 0.330. The molecule has 1 aliphatic heterocycles. The van der Waals surface area contributed by atoms with Gasteiger partial charge in [0.25, 0.3) is 0 Å². The molecule has 0 bridgehead atoms. The number of methoxy groups -OCH3 is 1. The highest BCUT2D eigenvalue weighted by molar-refractivity contribution is 5.85. The van der Waals surface area contributed by atoms with Crippen molar-refractivity contribution in [3.63, 3.8) is 0 Å². The minimum atomic E-state index is -0.191. The van der Waals surface area contributed by atoms with Crippen molar-refractivity contribution in [3.8, 4) is 0 Å². The molecule has 1 saturated heterocycles. The number of ether oxygens (including phenoxy) is 2.